The molecule has 1 aromatic heterocycles. The zero-order chi connectivity index (χ0) is 18.7. The zero-order valence-corrected chi connectivity index (χ0v) is 15.8. The van der Waals surface area contributed by atoms with E-state index in [1.807, 2.05) is 67.9 Å². The third-order valence-corrected chi connectivity index (χ3v) is 5.02. The van der Waals surface area contributed by atoms with E-state index in [9.17, 15) is 4.79 Å². The van der Waals surface area contributed by atoms with Crippen LogP contribution in [0, 0.1) is 13.8 Å². The molecular formula is C19H21N5OS. The van der Waals surface area contributed by atoms with Crippen molar-refractivity contribution in [2.24, 2.45) is 7.05 Å². The van der Waals surface area contributed by atoms with E-state index in [1.54, 1.807) is 0 Å². The summed E-state index contributed by atoms with van der Waals surface area (Å²) in [7, 11) is 1.89. The molecule has 0 aliphatic heterocycles. The highest BCUT2D eigenvalue weighted by Crippen LogP contribution is 2.24. The second kappa shape index (κ2) is 7.61. The van der Waals surface area contributed by atoms with Gasteiger partial charge in [-0.2, -0.15) is 0 Å². The van der Waals surface area contributed by atoms with Crippen molar-refractivity contribution in [1.82, 2.24) is 14.8 Å². The molecule has 3 N–H and O–H groups in total. The maximum atomic E-state index is 12.3. The van der Waals surface area contributed by atoms with Gasteiger partial charge in [0, 0.05) is 24.0 Å². The molecule has 3 aromatic rings. The monoisotopic (exact) mass is 367 g/mol. The molecule has 134 valence electrons. The Morgan fingerprint density at radius 2 is 1.88 bits per heavy atom. The Balaban J connectivity index is 1.65. The van der Waals surface area contributed by atoms with Crippen LogP contribution in [0.1, 0.15) is 11.1 Å². The molecule has 0 atom stereocenters. The molecule has 0 aliphatic carbocycles. The van der Waals surface area contributed by atoms with Crippen LogP contribution in [0.2, 0.25) is 0 Å². The Morgan fingerprint density at radius 1 is 1.15 bits per heavy atom. The topological polar surface area (TPSA) is 85.8 Å². The number of amides is 1. The molecule has 3 rings (SSSR count). The maximum Gasteiger partial charge on any atom is 0.234 e. The van der Waals surface area contributed by atoms with Crippen LogP contribution in [0.4, 0.5) is 11.4 Å². The number of nitrogens with two attached hydrogens (primary N) is 1. The van der Waals surface area contributed by atoms with Crippen LogP contribution in [0.15, 0.2) is 47.6 Å². The van der Waals surface area contributed by atoms with Gasteiger partial charge in [0.25, 0.3) is 0 Å². The molecule has 2 aromatic carbocycles. The largest absolute Gasteiger partial charge is 0.399 e. The predicted molar refractivity (Wildman–Crippen MR) is 106 cm³/mol. The highest BCUT2D eigenvalue weighted by molar-refractivity contribution is 7.99. The first-order chi connectivity index (χ1) is 12.4. The van der Waals surface area contributed by atoms with E-state index in [-0.39, 0.29) is 11.7 Å². The smallest absolute Gasteiger partial charge is 0.234 e. The summed E-state index contributed by atoms with van der Waals surface area (Å²) in [5.41, 5.74) is 10.3. The summed E-state index contributed by atoms with van der Waals surface area (Å²) in [4.78, 5) is 12.3. The molecule has 0 radical (unpaired) electrons. The van der Waals surface area contributed by atoms with Crippen molar-refractivity contribution < 1.29 is 4.79 Å². The first kappa shape index (κ1) is 18.0. The fourth-order valence-electron chi connectivity index (χ4n) is 2.51. The van der Waals surface area contributed by atoms with E-state index in [1.165, 1.54) is 11.8 Å². The Bertz CT molecular complexity index is 934. The molecule has 1 heterocycles. The Labute approximate surface area is 156 Å². The third kappa shape index (κ3) is 4.05. The molecule has 0 spiro atoms. The number of hydrogen-bond donors (Lipinski definition) is 2. The number of hydrogen-bond acceptors (Lipinski definition) is 5. The SMILES string of the molecule is Cc1ccc(C)c(NC(=O)CSc2nnc(-c3ccc(N)cc3)n2C)c1. The number of aryl methyl sites for hydroxylation is 2. The van der Waals surface area contributed by atoms with E-state index in [0.29, 0.717) is 10.8 Å². The second-order valence-electron chi connectivity index (χ2n) is 6.14. The molecule has 7 heteroatoms. The number of nitrogens with zero attached hydrogens (tertiary/aromatic N) is 3. The van der Waals surface area contributed by atoms with Crippen molar-refractivity contribution in [2.75, 3.05) is 16.8 Å². The van der Waals surface area contributed by atoms with E-state index >= 15 is 0 Å². The second-order valence-corrected chi connectivity index (χ2v) is 7.08. The predicted octanol–water partition coefficient (Wildman–Crippen LogP) is 3.41. The van der Waals surface area contributed by atoms with Gasteiger partial charge in [-0.05, 0) is 55.3 Å². The average Bonchev–Trinajstić information content (AvgIpc) is 2.98. The highest BCUT2D eigenvalue weighted by atomic mass is 32.2. The molecule has 0 saturated heterocycles. The summed E-state index contributed by atoms with van der Waals surface area (Å²) in [6, 6.07) is 13.5. The summed E-state index contributed by atoms with van der Waals surface area (Å²) in [5.74, 6) is 0.935. The van der Waals surface area contributed by atoms with Crippen molar-refractivity contribution in [3.8, 4) is 11.4 Å². The Hall–Kier alpha value is -2.80. The number of aromatic nitrogens is 3. The first-order valence-electron chi connectivity index (χ1n) is 8.19. The van der Waals surface area contributed by atoms with E-state index in [0.717, 1.165) is 28.2 Å². The number of anilines is 2. The fourth-order valence-corrected chi connectivity index (χ4v) is 3.22. The number of thioether (sulfide) groups is 1. The zero-order valence-electron chi connectivity index (χ0n) is 15.0. The van der Waals surface area contributed by atoms with Gasteiger partial charge in [0.05, 0.1) is 5.75 Å². The van der Waals surface area contributed by atoms with Gasteiger partial charge in [0.15, 0.2) is 11.0 Å². The summed E-state index contributed by atoms with van der Waals surface area (Å²) in [5, 5.41) is 12.1. The van der Waals surface area contributed by atoms with Gasteiger partial charge in [-0.1, -0.05) is 23.9 Å². The van der Waals surface area contributed by atoms with E-state index < -0.39 is 0 Å². The van der Waals surface area contributed by atoms with Crippen LogP contribution in [0.5, 0.6) is 0 Å². The fraction of sp³-hybridized carbons (Fsp3) is 0.211. The lowest BCUT2D eigenvalue weighted by Crippen LogP contribution is -2.15. The lowest BCUT2D eigenvalue weighted by Gasteiger charge is -2.09. The molecule has 6 nitrogen and oxygen atoms in total. The van der Waals surface area contributed by atoms with Gasteiger partial charge in [-0.15, -0.1) is 10.2 Å². The van der Waals surface area contributed by atoms with Crippen molar-refractivity contribution in [2.45, 2.75) is 19.0 Å². The molecule has 0 fully saturated rings. The summed E-state index contributed by atoms with van der Waals surface area (Å²) >= 11 is 1.36. The number of benzene rings is 2. The van der Waals surface area contributed by atoms with Crippen LogP contribution in [0.3, 0.4) is 0 Å². The van der Waals surface area contributed by atoms with Crippen LogP contribution in [-0.4, -0.2) is 26.4 Å². The summed E-state index contributed by atoms with van der Waals surface area (Å²) in [6.07, 6.45) is 0. The molecule has 26 heavy (non-hydrogen) atoms. The number of nitrogen functional groups attached to an aromatic ring is 1. The first-order valence-corrected chi connectivity index (χ1v) is 9.18. The van der Waals surface area contributed by atoms with Gasteiger partial charge < -0.3 is 15.6 Å². The molecule has 0 bridgehead atoms. The number of carbonyl (C=O) groups is 1. The minimum atomic E-state index is -0.0688. The highest BCUT2D eigenvalue weighted by Gasteiger charge is 2.13. The minimum absolute atomic E-state index is 0.0688. The maximum absolute atomic E-state index is 12.3. The van der Waals surface area contributed by atoms with Gasteiger partial charge in [-0.3, -0.25) is 4.79 Å². The Kier molecular flexibility index (Phi) is 5.27. The summed E-state index contributed by atoms with van der Waals surface area (Å²) in [6.45, 7) is 3.98. The Morgan fingerprint density at radius 3 is 2.62 bits per heavy atom. The average molecular weight is 367 g/mol. The molecule has 0 aliphatic rings. The van der Waals surface area contributed by atoms with Gasteiger partial charge in [0.1, 0.15) is 0 Å². The lowest BCUT2D eigenvalue weighted by atomic mass is 10.1. The van der Waals surface area contributed by atoms with Crippen LogP contribution < -0.4 is 11.1 Å². The van der Waals surface area contributed by atoms with E-state index in [4.69, 9.17) is 5.73 Å². The number of nitrogens with one attached hydrogen (secondary N) is 1. The molecular weight excluding hydrogens is 346 g/mol. The quantitative estimate of drug-likeness (QED) is 0.533. The normalized spacial score (nSPS) is 10.7. The van der Waals surface area contributed by atoms with E-state index in [2.05, 4.69) is 15.5 Å². The summed E-state index contributed by atoms with van der Waals surface area (Å²) < 4.78 is 1.88. The van der Waals surface area contributed by atoms with Crippen LogP contribution >= 0.6 is 11.8 Å². The van der Waals surface area contributed by atoms with Gasteiger partial charge >= 0.3 is 0 Å². The van der Waals surface area contributed by atoms with Crippen LogP contribution in [-0.2, 0) is 11.8 Å². The van der Waals surface area contributed by atoms with Crippen LogP contribution in [0.25, 0.3) is 11.4 Å². The standard InChI is InChI=1S/C19H21N5OS/c1-12-4-5-13(2)16(10-12)21-17(25)11-26-19-23-22-18(24(19)3)14-6-8-15(20)9-7-14/h4-10H,11,20H2,1-3H3,(H,21,25). The van der Waals surface area contributed by atoms with Gasteiger partial charge in [0.2, 0.25) is 5.91 Å². The lowest BCUT2D eigenvalue weighted by molar-refractivity contribution is -0.113. The molecule has 1 amide bonds. The van der Waals surface area contributed by atoms with Crippen molar-refractivity contribution >= 4 is 29.0 Å². The van der Waals surface area contributed by atoms with Gasteiger partial charge in [-0.25, -0.2) is 0 Å². The van der Waals surface area contributed by atoms with Crippen molar-refractivity contribution in [1.29, 1.82) is 0 Å². The molecule has 0 saturated carbocycles. The molecule has 0 unspecified atom stereocenters. The minimum Gasteiger partial charge on any atom is -0.399 e. The third-order valence-electron chi connectivity index (χ3n) is 4.00. The number of carbonyl (C=O) groups excluding carboxylic acids is 1. The number of rotatable bonds is 5. The van der Waals surface area contributed by atoms with Crippen molar-refractivity contribution in [3.63, 3.8) is 0 Å². The van der Waals surface area contributed by atoms with Crippen molar-refractivity contribution in [3.05, 3.63) is 53.6 Å².